The highest BCUT2D eigenvalue weighted by molar-refractivity contribution is 6.05. The number of rotatable bonds is 6. The number of piperidine rings is 1. The fourth-order valence-electron chi connectivity index (χ4n) is 4.93. The highest BCUT2D eigenvalue weighted by Crippen LogP contribution is 2.35. The van der Waals surface area contributed by atoms with Crippen LogP contribution in [0.1, 0.15) is 63.0 Å². The molecule has 0 aliphatic carbocycles. The van der Waals surface area contributed by atoms with Crippen molar-refractivity contribution in [2.45, 2.75) is 70.6 Å². The lowest BCUT2D eigenvalue weighted by Gasteiger charge is -2.60. The lowest BCUT2D eigenvalue weighted by molar-refractivity contribution is -0.943. The van der Waals surface area contributed by atoms with E-state index in [0.29, 0.717) is 38.3 Å². The maximum Gasteiger partial charge on any atom is 0.272 e. The van der Waals surface area contributed by atoms with E-state index in [4.69, 9.17) is 4.74 Å². The molecule has 7 nitrogen and oxygen atoms in total. The Morgan fingerprint density at radius 1 is 1.31 bits per heavy atom. The number of benzene rings is 1. The van der Waals surface area contributed by atoms with Gasteiger partial charge in [0.15, 0.2) is 5.69 Å². The SMILES string of the molecule is CCCC[N+]1([O-])C2COCC1CC(NC(=O)c1nn(C(C)C)c3ccccc13)C2. The van der Waals surface area contributed by atoms with Gasteiger partial charge >= 0.3 is 0 Å². The molecule has 0 saturated carbocycles. The maximum atomic E-state index is 13.5. The van der Waals surface area contributed by atoms with Gasteiger partial charge in [-0.3, -0.25) is 9.48 Å². The Morgan fingerprint density at radius 3 is 2.66 bits per heavy atom. The van der Waals surface area contributed by atoms with Gasteiger partial charge < -0.3 is 19.9 Å². The molecule has 2 saturated heterocycles. The van der Waals surface area contributed by atoms with E-state index >= 15 is 0 Å². The van der Waals surface area contributed by atoms with Crippen molar-refractivity contribution < 1.29 is 14.2 Å². The second-order valence-electron chi connectivity index (χ2n) is 8.82. The summed E-state index contributed by atoms with van der Waals surface area (Å²) in [7, 11) is 0. The summed E-state index contributed by atoms with van der Waals surface area (Å²) in [6.07, 6.45) is 3.29. The van der Waals surface area contributed by atoms with Gasteiger partial charge in [0.05, 0.1) is 25.3 Å². The second kappa shape index (κ2) is 8.05. The third kappa shape index (κ3) is 3.67. The third-order valence-electron chi connectivity index (χ3n) is 6.48. The van der Waals surface area contributed by atoms with Crippen molar-refractivity contribution in [3.63, 3.8) is 0 Å². The summed E-state index contributed by atoms with van der Waals surface area (Å²) in [6, 6.07) is 7.83. The van der Waals surface area contributed by atoms with Crippen LogP contribution in [-0.4, -0.2) is 58.2 Å². The average Bonchev–Trinajstić information content (AvgIpc) is 3.07. The van der Waals surface area contributed by atoms with Gasteiger partial charge in [-0.15, -0.1) is 0 Å². The number of fused-ring (bicyclic) bond motifs is 3. The highest BCUT2D eigenvalue weighted by atomic mass is 16.6. The van der Waals surface area contributed by atoms with Gasteiger partial charge in [0.25, 0.3) is 5.91 Å². The Morgan fingerprint density at radius 2 is 2.00 bits per heavy atom. The minimum absolute atomic E-state index is 0.00816. The molecule has 2 fully saturated rings. The molecule has 1 N–H and O–H groups in total. The summed E-state index contributed by atoms with van der Waals surface area (Å²) in [6.45, 7) is 7.87. The molecule has 2 aromatic rings. The molecule has 2 aliphatic rings. The number of aromatic nitrogens is 2. The number of hydrogen-bond acceptors (Lipinski definition) is 4. The summed E-state index contributed by atoms with van der Waals surface area (Å²) < 4.78 is 7.45. The molecule has 2 bridgehead atoms. The van der Waals surface area contributed by atoms with Crippen LogP contribution in [0.4, 0.5) is 0 Å². The van der Waals surface area contributed by atoms with Crippen molar-refractivity contribution in [1.82, 2.24) is 15.1 Å². The predicted octanol–water partition coefficient (Wildman–Crippen LogP) is 3.39. The number of nitrogens with zero attached hydrogens (tertiary/aromatic N) is 3. The number of carbonyl (C=O) groups excluding carboxylic acids is 1. The summed E-state index contributed by atoms with van der Waals surface area (Å²) in [5, 5.41) is 22.2. The Kier molecular flexibility index (Phi) is 5.64. The molecular formula is C22H32N4O3. The number of hydroxylamine groups is 3. The van der Waals surface area contributed by atoms with Crippen molar-refractivity contribution in [2.24, 2.45) is 0 Å². The van der Waals surface area contributed by atoms with Crippen molar-refractivity contribution in [3.05, 3.63) is 35.2 Å². The van der Waals surface area contributed by atoms with Crippen molar-refractivity contribution in [2.75, 3.05) is 19.8 Å². The lowest BCUT2D eigenvalue weighted by atomic mass is 9.88. The molecule has 4 rings (SSSR count). The summed E-state index contributed by atoms with van der Waals surface area (Å²) in [5.41, 5.74) is 1.44. The number of quaternary nitrogens is 1. The van der Waals surface area contributed by atoms with E-state index in [1.54, 1.807) is 0 Å². The Balaban J connectivity index is 1.52. The van der Waals surface area contributed by atoms with Gasteiger partial charge in [0.2, 0.25) is 0 Å². The molecule has 2 unspecified atom stereocenters. The monoisotopic (exact) mass is 400 g/mol. The minimum Gasteiger partial charge on any atom is -0.632 e. The van der Waals surface area contributed by atoms with E-state index in [0.717, 1.165) is 23.7 Å². The van der Waals surface area contributed by atoms with Crippen LogP contribution in [0.2, 0.25) is 0 Å². The van der Waals surface area contributed by atoms with Gasteiger partial charge in [0.1, 0.15) is 12.1 Å². The molecular weight excluding hydrogens is 368 g/mol. The minimum atomic E-state index is -0.149. The van der Waals surface area contributed by atoms with E-state index in [1.165, 1.54) is 0 Å². The number of unbranched alkanes of at least 4 members (excludes halogenated alkanes) is 1. The number of nitrogens with one attached hydrogen (secondary N) is 1. The van der Waals surface area contributed by atoms with Gasteiger partial charge in [-0.25, -0.2) is 0 Å². The largest absolute Gasteiger partial charge is 0.632 e. The topological polar surface area (TPSA) is 79.2 Å². The van der Waals surface area contributed by atoms with E-state index < -0.39 is 0 Å². The van der Waals surface area contributed by atoms with E-state index in [-0.39, 0.29) is 34.7 Å². The first-order valence-electron chi connectivity index (χ1n) is 10.9. The molecule has 7 heteroatoms. The van der Waals surface area contributed by atoms with Crippen molar-refractivity contribution >= 4 is 16.8 Å². The van der Waals surface area contributed by atoms with Crippen molar-refractivity contribution in [1.29, 1.82) is 0 Å². The van der Waals surface area contributed by atoms with E-state index in [2.05, 4.69) is 31.2 Å². The fraction of sp³-hybridized carbons (Fsp3) is 0.636. The van der Waals surface area contributed by atoms with Crippen LogP contribution in [0.3, 0.4) is 0 Å². The first kappa shape index (κ1) is 20.3. The number of para-hydroxylation sites is 1. The average molecular weight is 401 g/mol. The molecule has 1 aromatic carbocycles. The van der Waals surface area contributed by atoms with Crippen molar-refractivity contribution in [3.8, 4) is 0 Å². The maximum absolute atomic E-state index is 13.5. The molecule has 0 radical (unpaired) electrons. The molecule has 158 valence electrons. The number of ether oxygens (including phenoxy) is 1. The summed E-state index contributed by atoms with van der Waals surface area (Å²) >= 11 is 0. The van der Waals surface area contributed by atoms with Crippen LogP contribution in [0, 0.1) is 5.21 Å². The van der Waals surface area contributed by atoms with Crippen LogP contribution in [0.5, 0.6) is 0 Å². The molecule has 3 heterocycles. The Bertz CT molecular complexity index is 864. The van der Waals surface area contributed by atoms with Crippen LogP contribution >= 0.6 is 0 Å². The Labute approximate surface area is 172 Å². The van der Waals surface area contributed by atoms with Crippen LogP contribution in [-0.2, 0) is 4.74 Å². The van der Waals surface area contributed by atoms with Crippen LogP contribution < -0.4 is 5.32 Å². The van der Waals surface area contributed by atoms with Gasteiger partial charge in [-0.05, 0) is 26.3 Å². The zero-order valence-corrected chi connectivity index (χ0v) is 17.6. The standard InChI is InChI=1S/C22H32N4O3/c1-4-5-10-26(28)17-11-16(12-18(26)14-29-13-17)23-22(27)21-19-8-6-7-9-20(19)25(24-21)15(2)3/h6-9,15-18H,4-5,10-14H2,1-3H3,(H,23,27). The van der Waals surface area contributed by atoms with Crippen LogP contribution in [0.15, 0.2) is 24.3 Å². The van der Waals surface area contributed by atoms with Crippen LogP contribution in [0.25, 0.3) is 10.9 Å². The molecule has 1 aromatic heterocycles. The van der Waals surface area contributed by atoms with E-state index in [9.17, 15) is 10.0 Å². The first-order chi connectivity index (χ1) is 13.9. The molecule has 2 atom stereocenters. The van der Waals surface area contributed by atoms with Gasteiger partial charge in [-0.1, -0.05) is 31.5 Å². The number of hydrogen-bond donors (Lipinski definition) is 1. The normalized spacial score (nSPS) is 29.3. The molecule has 2 aliphatic heterocycles. The number of amides is 1. The zero-order valence-electron chi connectivity index (χ0n) is 17.6. The number of morpholine rings is 1. The molecule has 29 heavy (non-hydrogen) atoms. The highest BCUT2D eigenvalue weighted by Gasteiger charge is 2.47. The first-order valence-corrected chi connectivity index (χ1v) is 10.9. The summed E-state index contributed by atoms with van der Waals surface area (Å²) in [5.74, 6) is -0.149. The Hall–Kier alpha value is -1.96. The van der Waals surface area contributed by atoms with E-state index in [1.807, 2.05) is 28.9 Å². The molecule has 1 amide bonds. The lowest BCUT2D eigenvalue weighted by Crippen LogP contribution is -2.69. The predicted molar refractivity (Wildman–Crippen MR) is 112 cm³/mol. The fourth-order valence-corrected chi connectivity index (χ4v) is 4.93. The third-order valence-corrected chi connectivity index (χ3v) is 6.48. The van der Waals surface area contributed by atoms with Gasteiger partial charge in [0, 0.05) is 30.3 Å². The second-order valence-corrected chi connectivity index (χ2v) is 8.82. The zero-order chi connectivity index (χ0) is 20.6. The smallest absolute Gasteiger partial charge is 0.272 e. The molecule has 0 spiro atoms. The van der Waals surface area contributed by atoms with Gasteiger partial charge in [-0.2, -0.15) is 5.10 Å². The number of carbonyl (C=O) groups is 1. The summed E-state index contributed by atoms with van der Waals surface area (Å²) in [4.78, 5) is 13.1. The quantitative estimate of drug-likeness (QED) is 0.595.